The first-order chi connectivity index (χ1) is 9.06. The Hall–Kier alpha value is -2.36. The Morgan fingerprint density at radius 2 is 1.84 bits per heavy atom. The van der Waals surface area contributed by atoms with Gasteiger partial charge in [0, 0.05) is 18.8 Å². The molecule has 0 aliphatic carbocycles. The lowest BCUT2D eigenvalue weighted by Gasteiger charge is -2.15. The highest BCUT2D eigenvalue weighted by Gasteiger charge is 2.20. The maximum absolute atomic E-state index is 12.1. The molecule has 1 heterocycles. The molecule has 0 atom stereocenters. The molecule has 0 bridgehead atoms. The molecule has 0 amide bonds. The molecule has 19 heavy (non-hydrogen) atoms. The van der Waals surface area contributed by atoms with Gasteiger partial charge in [0.2, 0.25) is 0 Å². The van der Waals surface area contributed by atoms with Crippen LogP contribution in [0.1, 0.15) is 16.1 Å². The summed E-state index contributed by atoms with van der Waals surface area (Å²) in [5, 5.41) is 0. The van der Waals surface area contributed by atoms with E-state index in [-0.39, 0.29) is 11.0 Å². The number of methoxy groups -OCH3 is 1. The highest BCUT2D eigenvalue weighted by molar-refractivity contribution is 5.96. The second-order valence-corrected chi connectivity index (χ2v) is 4.29. The smallest absolute Gasteiger partial charge is 0.344 e. The van der Waals surface area contributed by atoms with Crippen LogP contribution < -0.4 is 5.43 Å². The number of esters is 1. The van der Waals surface area contributed by atoms with Gasteiger partial charge >= 0.3 is 5.97 Å². The molecule has 98 valence electrons. The SMILES string of the molecule is COC(=O)c1c(-c2ccccc2)n(C)c(C)cc1=O. The summed E-state index contributed by atoms with van der Waals surface area (Å²) in [5.41, 5.74) is 1.93. The number of ether oxygens (including phenoxy) is 1. The predicted molar refractivity (Wildman–Crippen MR) is 73.2 cm³/mol. The Morgan fingerprint density at radius 1 is 1.21 bits per heavy atom. The molecule has 0 saturated heterocycles. The maximum atomic E-state index is 12.1. The van der Waals surface area contributed by atoms with Crippen molar-refractivity contribution in [2.75, 3.05) is 7.11 Å². The van der Waals surface area contributed by atoms with Crippen molar-refractivity contribution in [3.8, 4) is 11.3 Å². The van der Waals surface area contributed by atoms with Crippen molar-refractivity contribution in [2.45, 2.75) is 6.92 Å². The summed E-state index contributed by atoms with van der Waals surface area (Å²) in [4.78, 5) is 23.9. The molecule has 0 N–H and O–H groups in total. The van der Waals surface area contributed by atoms with Crippen molar-refractivity contribution in [2.24, 2.45) is 7.05 Å². The average Bonchev–Trinajstić information content (AvgIpc) is 2.42. The minimum atomic E-state index is -0.612. The first-order valence-electron chi connectivity index (χ1n) is 5.90. The van der Waals surface area contributed by atoms with Crippen LogP contribution in [0.25, 0.3) is 11.3 Å². The predicted octanol–water partition coefficient (Wildman–Crippen LogP) is 2.15. The topological polar surface area (TPSA) is 48.3 Å². The third kappa shape index (κ3) is 2.29. The largest absolute Gasteiger partial charge is 0.465 e. The van der Waals surface area contributed by atoms with Gasteiger partial charge in [-0.2, -0.15) is 0 Å². The molecule has 0 unspecified atom stereocenters. The highest BCUT2D eigenvalue weighted by atomic mass is 16.5. The molecule has 0 aliphatic heterocycles. The quantitative estimate of drug-likeness (QED) is 0.774. The molecular formula is C15H15NO3. The van der Waals surface area contributed by atoms with Gasteiger partial charge in [-0.05, 0) is 12.5 Å². The number of hydrogen-bond acceptors (Lipinski definition) is 3. The highest BCUT2D eigenvalue weighted by Crippen LogP contribution is 2.22. The molecule has 1 aromatic carbocycles. The van der Waals surface area contributed by atoms with E-state index in [0.29, 0.717) is 5.69 Å². The minimum Gasteiger partial charge on any atom is -0.465 e. The fourth-order valence-corrected chi connectivity index (χ4v) is 2.05. The van der Waals surface area contributed by atoms with E-state index >= 15 is 0 Å². The third-order valence-electron chi connectivity index (χ3n) is 3.12. The molecule has 0 aliphatic rings. The van der Waals surface area contributed by atoms with Crippen LogP contribution in [0, 0.1) is 6.92 Å². The monoisotopic (exact) mass is 257 g/mol. The van der Waals surface area contributed by atoms with Crippen LogP contribution >= 0.6 is 0 Å². The van der Waals surface area contributed by atoms with Crippen molar-refractivity contribution in [3.63, 3.8) is 0 Å². The second kappa shape index (κ2) is 5.10. The van der Waals surface area contributed by atoms with Crippen molar-refractivity contribution in [1.82, 2.24) is 4.57 Å². The number of carbonyl (C=O) groups is 1. The molecule has 2 aromatic rings. The van der Waals surface area contributed by atoms with Crippen LogP contribution in [0.2, 0.25) is 0 Å². The summed E-state index contributed by atoms with van der Waals surface area (Å²) in [6, 6.07) is 10.8. The zero-order valence-electron chi connectivity index (χ0n) is 11.1. The zero-order valence-corrected chi connectivity index (χ0v) is 11.1. The maximum Gasteiger partial charge on any atom is 0.344 e. The summed E-state index contributed by atoms with van der Waals surface area (Å²) in [5.74, 6) is -0.612. The molecule has 0 spiro atoms. The van der Waals surface area contributed by atoms with Crippen LogP contribution in [0.15, 0.2) is 41.2 Å². The Morgan fingerprint density at radius 3 is 2.42 bits per heavy atom. The number of carbonyl (C=O) groups excluding carboxylic acids is 1. The summed E-state index contributed by atoms with van der Waals surface area (Å²) in [6.07, 6.45) is 0. The van der Waals surface area contributed by atoms with E-state index in [0.717, 1.165) is 11.3 Å². The van der Waals surface area contributed by atoms with E-state index in [1.165, 1.54) is 13.2 Å². The Kier molecular flexibility index (Phi) is 3.51. The van der Waals surface area contributed by atoms with Crippen LogP contribution in [0.5, 0.6) is 0 Å². The van der Waals surface area contributed by atoms with Gasteiger partial charge in [0.1, 0.15) is 5.56 Å². The van der Waals surface area contributed by atoms with Gasteiger partial charge in [-0.1, -0.05) is 30.3 Å². The van der Waals surface area contributed by atoms with Crippen molar-refractivity contribution >= 4 is 5.97 Å². The van der Waals surface area contributed by atoms with Gasteiger partial charge < -0.3 is 9.30 Å². The van der Waals surface area contributed by atoms with Crippen molar-refractivity contribution < 1.29 is 9.53 Å². The van der Waals surface area contributed by atoms with Crippen LogP contribution in [0.4, 0.5) is 0 Å². The molecule has 0 radical (unpaired) electrons. The van der Waals surface area contributed by atoms with Crippen molar-refractivity contribution in [1.29, 1.82) is 0 Å². The lowest BCUT2D eigenvalue weighted by Crippen LogP contribution is -2.22. The van der Waals surface area contributed by atoms with Gasteiger partial charge in [-0.3, -0.25) is 4.79 Å². The van der Waals surface area contributed by atoms with E-state index in [9.17, 15) is 9.59 Å². The normalized spacial score (nSPS) is 10.3. The fourth-order valence-electron chi connectivity index (χ4n) is 2.05. The number of benzene rings is 1. The fraction of sp³-hybridized carbons (Fsp3) is 0.200. The molecular weight excluding hydrogens is 242 g/mol. The number of nitrogens with zero attached hydrogens (tertiary/aromatic N) is 1. The van der Waals surface area contributed by atoms with Crippen LogP contribution in [-0.4, -0.2) is 17.6 Å². The molecule has 4 heteroatoms. The number of hydrogen-bond donors (Lipinski definition) is 0. The van der Waals surface area contributed by atoms with E-state index < -0.39 is 5.97 Å². The van der Waals surface area contributed by atoms with Gasteiger partial charge in [-0.25, -0.2) is 4.79 Å². The van der Waals surface area contributed by atoms with Gasteiger partial charge in [-0.15, -0.1) is 0 Å². The van der Waals surface area contributed by atoms with Gasteiger partial charge in [0.15, 0.2) is 5.43 Å². The first kappa shape index (κ1) is 13.1. The minimum absolute atomic E-state index is 0.0711. The lowest BCUT2D eigenvalue weighted by atomic mass is 10.0. The zero-order chi connectivity index (χ0) is 14.0. The standard InChI is InChI=1S/C15H15NO3/c1-10-9-12(17)13(15(18)19-3)14(16(10)2)11-7-5-4-6-8-11/h4-9H,1-3H3. The Bertz CT molecular complexity index is 672. The van der Waals surface area contributed by atoms with E-state index in [1.807, 2.05) is 48.9 Å². The molecule has 0 saturated carbocycles. The number of pyridine rings is 1. The lowest BCUT2D eigenvalue weighted by molar-refractivity contribution is 0.0599. The van der Waals surface area contributed by atoms with E-state index in [2.05, 4.69) is 0 Å². The van der Waals surface area contributed by atoms with Crippen LogP contribution in [-0.2, 0) is 11.8 Å². The summed E-state index contributed by atoms with van der Waals surface area (Å²) < 4.78 is 6.54. The Balaban J connectivity index is 2.84. The number of rotatable bonds is 2. The average molecular weight is 257 g/mol. The third-order valence-corrected chi connectivity index (χ3v) is 3.12. The number of aryl methyl sites for hydroxylation is 1. The molecule has 0 fully saturated rings. The van der Waals surface area contributed by atoms with Crippen LogP contribution in [0.3, 0.4) is 0 Å². The van der Waals surface area contributed by atoms with Gasteiger partial charge in [0.05, 0.1) is 12.8 Å². The van der Waals surface area contributed by atoms with E-state index in [1.54, 1.807) is 0 Å². The molecule has 2 rings (SSSR count). The Labute approximate surface area is 111 Å². The summed E-state index contributed by atoms with van der Waals surface area (Å²) in [6.45, 7) is 1.83. The molecule has 1 aromatic heterocycles. The summed E-state index contributed by atoms with van der Waals surface area (Å²) >= 11 is 0. The second-order valence-electron chi connectivity index (χ2n) is 4.29. The van der Waals surface area contributed by atoms with E-state index in [4.69, 9.17) is 4.74 Å². The molecule has 4 nitrogen and oxygen atoms in total. The summed E-state index contributed by atoms with van der Waals surface area (Å²) in [7, 11) is 3.10. The number of aromatic nitrogens is 1. The first-order valence-corrected chi connectivity index (χ1v) is 5.90. The van der Waals surface area contributed by atoms with Gasteiger partial charge in [0.25, 0.3) is 0 Å². The van der Waals surface area contributed by atoms with Crippen molar-refractivity contribution in [3.05, 3.63) is 57.9 Å².